The Labute approximate surface area is 151 Å². The van der Waals surface area contributed by atoms with E-state index in [1.165, 1.54) is 4.90 Å². The number of likely N-dealkylation sites (tertiary alicyclic amines) is 1. The molecule has 1 spiro atoms. The summed E-state index contributed by atoms with van der Waals surface area (Å²) in [5.41, 5.74) is -1.08. The van der Waals surface area contributed by atoms with Gasteiger partial charge in [-0.1, -0.05) is 12.8 Å². The topological polar surface area (TPSA) is 53.0 Å². The van der Waals surface area contributed by atoms with Gasteiger partial charge in [-0.25, -0.2) is 0 Å². The molecular formula is C18H26F3N3O2. The summed E-state index contributed by atoms with van der Waals surface area (Å²) in [5, 5.41) is 0. The summed E-state index contributed by atoms with van der Waals surface area (Å²) >= 11 is 0. The second-order valence-corrected chi connectivity index (χ2v) is 7.57. The van der Waals surface area contributed by atoms with E-state index in [0.717, 1.165) is 25.7 Å². The fourth-order valence-electron chi connectivity index (χ4n) is 4.42. The maximum Gasteiger partial charge on any atom is 0.389 e. The Morgan fingerprint density at radius 2 is 1.96 bits per heavy atom. The predicted molar refractivity (Wildman–Crippen MR) is 90.6 cm³/mol. The van der Waals surface area contributed by atoms with Crippen LogP contribution in [0.25, 0.3) is 0 Å². The van der Waals surface area contributed by atoms with E-state index in [9.17, 15) is 22.8 Å². The van der Waals surface area contributed by atoms with Crippen LogP contribution in [0.15, 0.2) is 4.99 Å². The number of halogens is 3. The molecule has 1 aliphatic carbocycles. The Bertz CT molecular complexity index is 599. The summed E-state index contributed by atoms with van der Waals surface area (Å²) in [6, 6.07) is 0. The van der Waals surface area contributed by atoms with E-state index in [4.69, 9.17) is 0 Å². The molecule has 0 aromatic carbocycles. The van der Waals surface area contributed by atoms with Crippen LogP contribution in [-0.2, 0) is 9.59 Å². The first-order valence-corrected chi connectivity index (χ1v) is 9.52. The van der Waals surface area contributed by atoms with E-state index in [2.05, 4.69) is 4.99 Å². The molecule has 3 rings (SSSR count). The fourth-order valence-corrected chi connectivity index (χ4v) is 4.42. The molecule has 1 atom stereocenters. The third-order valence-electron chi connectivity index (χ3n) is 5.73. The van der Waals surface area contributed by atoms with Crippen molar-refractivity contribution in [2.75, 3.05) is 19.6 Å². The van der Waals surface area contributed by atoms with Crippen molar-refractivity contribution in [1.29, 1.82) is 0 Å². The molecular weight excluding hydrogens is 347 g/mol. The number of piperidine rings is 1. The Kier molecular flexibility index (Phi) is 5.30. The number of likely N-dealkylation sites (N-methyl/N-ethyl adjacent to an activating group) is 1. The number of hydrogen-bond acceptors (Lipinski definition) is 3. The van der Waals surface area contributed by atoms with Crippen molar-refractivity contribution in [3.8, 4) is 0 Å². The van der Waals surface area contributed by atoms with Gasteiger partial charge in [0.1, 0.15) is 5.84 Å². The number of carbonyl (C=O) groups excluding carboxylic acids is 2. The number of carbonyl (C=O) groups is 2. The summed E-state index contributed by atoms with van der Waals surface area (Å²) in [4.78, 5) is 33.2. The van der Waals surface area contributed by atoms with Gasteiger partial charge >= 0.3 is 6.18 Å². The maximum absolute atomic E-state index is 12.9. The highest BCUT2D eigenvalue weighted by atomic mass is 19.4. The number of alkyl halides is 3. The van der Waals surface area contributed by atoms with Crippen molar-refractivity contribution in [2.24, 2.45) is 10.9 Å². The first-order chi connectivity index (χ1) is 12.3. The second kappa shape index (κ2) is 7.19. The third-order valence-corrected chi connectivity index (χ3v) is 5.73. The minimum atomic E-state index is -4.28. The van der Waals surface area contributed by atoms with Gasteiger partial charge in [-0.15, -0.1) is 0 Å². The molecule has 0 radical (unpaired) electrons. The molecule has 0 aromatic heterocycles. The van der Waals surface area contributed by atoms with Gasteiger partial charge in [-0.05, 0) is 32.6 Å². The lowest BCUT2D eigenvalue weighted by Crippen LogP contribution is -2.55. The lowest BCUT2D eigenvalue weighted by Gasteiger charge is -2.38. The van der Waals surface area contributed by atoms with Gasteiger partial charge in [0.15, 0.2) is 5.54 Å². The van der Waals surface area contributed by atoms with Crippen LogP contribution in [0.2, 0.25) is 0 Å². The molecule has 1 saturated heterocycles. The van der Waals surface area contributed by atoms with Crippen LogP contribution in [0, 0.1) is 5.92 Å². The fraction of sp³-hybridized carbons (Fsp3) is 0.833. The van der Waals surface area contributed by atoms with Crippen molar-refractivity contribution in [3.05, 3.63) is 0 Å². The lowest BCUT2D eigenvalue weighted by molar-refractivity contribution is -0.141. The van der Waals surface area contributed by atoms with Crippen molar-refractivity contribution in [1.82, 2.24) is 9.80 Å². The first-order valence-electron chi connectivity index (χ1n) is 9.52. The molecule has 1 saturated carbocycles. The molecule has 2 heterocycles. The molecule has 2 amide bonds. The molecule has 0 bridgehead atoms. The quantitative estimate of drug-likeness (QED) is 0.760. The minimum absolute atomic E-state index is 0.0256. The SMILES string of the molecule is CCN1C(=O)C2(CCCN(C(=O)C3CCCC3)C2)N=C1CCC(F)(F)F. The highest BCUT2D eigenvalue weighted by molar-refractivity contribution is 6.08. The highest BCUT2D eigenvalue weighted by Gasteiger charge is 2.51. The number of hydrogen-bond donors (Lipinski definition) is 0. The van der Waals surface area contributed by atoms with Crippen LogP contribution in [0.3, 0.4) is 0 Å². The smallest absolute Gasteiger partial charge is 0.339 e. The summed E-state index contributed by atoms with van der Waals surface area (Å²) in [5.74, 6) is 0.0695. The summed E-state index contributed by atoms with van der Waals surface area (Å²) in [7, 11) is 0. The van der Waals surface area contributed by atoms with Gasteiger partial charge in [0, 0.05) is 25.4 Å². The molecule has 1 unspecified atom stereocenters. The predicted octanol–water partition coefficient (Wildman–Crippen LogP) is 3.14. The first kappa shape index (κ1) is 19.2. The van der Waals surface area contributed by atoms with E-state index in [1.54, 1.807) is 11.8 Å². The summed E-state index contributed by atoms with van der Waals surface area (Å²) < 4.78 is 37.8. The van der Waals surface area contributed by atoms with E-state index in [1.807, 2.05) is 0 Å². The molecule has 5 nitrogen and oxygen atoms in total. The summed E-state index contributed by atoms with van der Waals surface area (Å²) in [6.45, 7) is 2.84. The van der Waals surface area contributed by atoms with Gasteiger partial charge < -0.3 is 4.90 Å². The Morgan fingerprint density at radius 3 is 2.58 bits per heavy atom. The highest BCUT2D eigenvalue weighted by Crippen LogP contribution is 2.36. The van der Waals surface area contributed by atoms with Gasteiger partial charge in [-0.3, -0.25) is 19.5 Å². The van der Waals surface area contributed by atoms with Crippen molar-refractivity contribution < 1.29 is 22.8 Å². The summed E-state index contributed by atoms with van der Waals surface area (Å²) in [6.07, 6.45) is -0.538. The van der Waals surface area contributed by atoms with Crippen LogP contribution in [0.1, 0.15) is 58.3 Å². The molecule has 0 aromatic rings. The molecule has 146 valence electrons. The van der Waals surface area contributed by atoms with Gasteiger partial charge in [0.2, 0.25) is 5.91 Å². The van der Waals surface area contributed by atoms with Crippen LogP contribution in [-0.4, -0.2) is 58.8 Å². The van der Waals surface area contributed by atoms with E-state index >= 15 is 0 Å². The normalized spacial score (nSPS) is 27.5. The Morgan fingerprint density at radius 1 is 1.27 bits per heavy atom. The average molecular weight is 373 g/mol. The maximum atomic E-state index is 12.9. The van der Waals surface area contributed by atoms with Crippen molar-refractivity contribution >= 4 is 17.6 Å². The third kappa shape index (κ3) is 3.74. The van der Waals surface area contributed by atoms with Crippen molar-refractivity contribution in [2.45, 2.75) is 70.0 Å². The van der Waals surface area contributed by atoms with Crippen molar-refractivity contribution in [3.63, 3.8) is 0 Å². The zero-order valence-electron chi connectivity index (χ0n) is 15.1. The number of aliphatic imine (C=N–C) groups is 1. The minimum Gasteiger partial charge on any atom is -0.339 e. The molecule has 26 heavy (non-hydrogen) atoms. The van der Waals surface area contributed by atoms with Gasteiger partial charge in [0.05, 0.1) is 13.0 Å². The standard InChI is InChI=1S/C18H26F3N3O2/c1-2-24-14(8-10-18(19,20)21)22-17(16(24)26)9-5-11-23(12-17)15(25)13-6-3-4-7-13/h13H,2-12H2,1H3. The number of amidine groups is 1. The van der Waals surface area contributed by atoms with E-state index in [0.29, 0.717) is 25.9 Å². The number of amides is 2. The van der Waals surface area contributed by atoms with E-state index in [-0.39, 0.29) is 36.5 Å². The lowest BCUT2D eigenvalue weighted by atomic mass is 9.88. The van der Waals surface area contributed by atoms with E-state index < -0.39 is 18.1 Å². The molecule has 8 heteroatoms. The molecule has 0 N–H and O–H groups in total. The zero-order chi connectivity index (χ0) is 18.9. The molecule has 2 aliphatic heterocycles. The van der Waals surface area contributed by atoms with Gasteiger partial charge in [0.25, 0.3) is 5.91 Å². The largest absolute Gasteiger partial charge is 0.389 e. The second-order valence-electron chi connectivity index (χ2n) is 7.57. The van der Waals surface area contributed by atoms with Crippen LogP contribution in [0.5, 0.6) is 0 Å². The van der Waals surface area contributed by atoms with Crippen LogP contribution < -0.4 is 0 Å². The zero-order valence-corrected chi connectivity index (χ0v) is 15.1. The Hall–Kier alpha value is -1.60. The average Bonchev–Trinajstić information content (AvgIpc) is 3.20. The molecule has 3 aliphatic rings. The number of rotatable bonds is 4. The van der Waals surface area contributed by atoms with Crippen LogP contribution in [0.4, 0.5) is 13.2 Å². The monoisotopic (exact) mass is 373 g/mol. The number of nitrogens with zero attached hydrogens (tertiary/aromatic N) is 3. The Balaban J connectivity index is 1.77. The van der Waals surface area contributed by atoms with Gasteiger partial charge in [-0.2, -0.15) is 13.2 Å². The van der Waals surface area contributed by atoms with Crippen LogP contribution >= 0.6 is 0 Å². The molecule has 2 fully saturated rings.